The van der Waals surface area contributed by atoms with Crippen LogP contribution in [0.2, 0.25) is 0 Å². The summed E-state index contributed by atoms with van der Waals surface area (Å²) in [6.45, 7) is 4.91. The predicted molar refractivity (Wildman–Crippen MR) is 77.1 cm³/mol. The van der Waals surface area contributed by atoms with Gasteiger partial charge in [-0.1, -0.05) is 0 Å². The maximum Gasteiger partial charge on any atom is 0.340 e. The summed E-state index contributed by atoms with van der Waals surface area (Å²) >= 11 is 1.24. The third-order valence-electron chi connectivity index (χ3n) is 3.75. The Balaban J connectivity index is 1.81. The molecule has 1 fully saturated rings. The van der Waals surface area contributed by atoms with Crippen LogP contribution >= 0.6 is 11.5 Å². The highest BCUT2D eigenvalue weighted by atomic mass is 32.1. The molecule has 19 heavy (non-hydrogen) atoms. The van der Waals surface area contributed by atoms with Crippen LogP contribution in [0.3, 0.4) is 0 Å². The second-order valence-corrected chi connectivity index (χ2v) is 6.01. The Kier molecular flexibility index (Phi) is 4.76. The predicted octanol–water partition coefficient (Wildman–Crippen LogP) is 2.29. The van der Waals surface area contributed by atoms with E-state index in [0.717, 1.165) is 18.9 Å². The van der Waals surface area contributed by atoms with Crippen LogP contribution in [0.1, 0.15) is 35.3 Å². The van der Waals surface area contributed by atoms with Crippen molar-refractivity contribution < 1.29 is 9.90 Å². The first-order valence-electron chi connectivity index (χ1n) is 6.70. The van der Waals surface area contributed by atoms with E-state index in [2.05, 4.69) is 21.6 Å². The SMILES string of the molecule is Cc1nsc(NCCC2CCN(C)CC2)c1C(=O)O. The quantitative estimate of drug-likeness (QED) is 0.868. The first kappa shape index (κ1) is 14.3. The molecule has 2 N–H and O–H groups in total. The molecule has 0 aromatic carbocycles. The summed E-state index contributed by atoms with van der Waals surface area (Å²) in [5.74, 6) is -0.140. The van der Waals surface area contributed by atoms with Crippen LogP contribution in [0.25, 0.3) is 0 Å². The van der Waals surface area contributed by atoms with Crippen LogP contribution in [0.15, 0.2) is 0 Å². The van der Waals surface area contributed by atoms with Gasteiger partial charge < -0.3 is 15.3 Å². The van der Waals surface area contributed by atoms with Crippen molar-refractivity contribution in [1.82, 2.24) is 9.27 Å². The lowest BCUT2D eigenvalue weighted by atomic mass is 9.94. The maximum atomic E-state index is 11.1. The Morgan fingerprint density at radius 2 is 2.21 bits per heavy atom. The number of hydrogen-bond donors (Lipinski definition) is 2. The Morgan fingerprint density at radius 1 is 1.53 bits per heavy atom. The number of piperidine rings is 1. The van der Waals surface area contributed by atoms with E-state index in [9.17, 15) is 4.79 Å². The Labute approximate surface area is 117 Å². The number of carboxylic acid groups (broad SMARTS) is 1. The van der Waals surface area contributed by atoms with E-state index in [-0.39, 0.29) is 0 Å². The Bertz CT molecular complexity index is 439. The van der Waals surface area contributed by atoms with Gasteiger partial charge in [0.15, 0.2) is 0 Å². The van der Waals surface area contributed by atoms with Crippen molar-refractivity contribution in [3.05, 3.63) is 11.3 Å². The number of nitrogens with one attached hydrogen (secondary N) is 1. The van der Waals surface area contributed by atoms with Crippen LogP contribution in [-0.2, 0) is 0 Å². The molecule has 0 aliphatic carbocycles. The molecule has 0 saturated carbocycles. The number of hydrogen-bond acceptors (Lipinski definition) is 5. The number of nitrogens with zero attached hydrogens (tertiary/aromatic N) is 2. The molecule has 0 unspecified atom stereocenters. The largest absolute Gasteiger partial charge is 0.478 e. The van der Waals surface area contributed by atoms with Gasteiger partial charge in [0.2, 0.25) is 0 Å². The van der Waals surface area contributed by atoms with E-state index in [1.807, 2.05) is 0 Å². The van der Waals surface area contributed by atoms with Gasteiger partial charge in [-0.2, -0.15) is 4.37 Å². The highest BCUT2D eigenvalue weighted by Crippen LogP contribution is 2.25. The molecule has 1 aromatic rings. The zero-order valence-corrected chi connectivity index (χ0v) is 12.3. The van der Waals surface area contributed by atoms with Crippen LogP contribution < -0.4 is 5.32 Å². The van der Waals surface area contributed by atoms with Crippen LogP contribution in [0, 0.1) is 12.8 Å². The number of carbonyl (C=O) groups is 1. The number of likely N-dealkylation sites (tertiary alicyclic amines) is 1. The molecular weight excluding hydrogens is 262 g/mol. The van der Waals surface area contributed by atoms with E-state index in [4.69, 9.17) is 5.11 Å². The fraction of sp³-hybridized carbons (Fsp3) is 0.692. The fourth-order valence-corrected chi connectivity index (χ4v) is 3.30. The molecule has 5 nitrogen and oxygen atoms in total. The smallest absolute Gasteiger partial charge is 0.340 e. The minimum absolute atomic E-state index is 0.327. The lowest BCUT2D eigenvalue weighted by Crippen LogP contribution is -2.30. The fourth-order valence-electron chi connectivity index (χ4n) is 2.48. The summed E-state index contributed by atoms with van der Waals surface area (Å²) in [6, 6.07) is 0. The summed E-state index contributed by atoms with van der Waals surface area (Å²) in [5.41, 5.74) is 0.924. The standard InChI is InChI=1S/C13H21N3O2S/c1-9-11(13(17)18)12(19-15-9)14-6-3-10-4-7-16(2)8-5-10/h10,14H,3-8H2,1-2H3,(H,17,18). The zero-order valence-electron chi connectivity index (χ0n) is 11.5. The second kappa shape index (κ2) is 6.34. The molecule has 106 valence electrons. The van der Waals surface area contributed by atoms with Gasteiger partial charge >= 0.3 is 5.97 Å². The third-order valence-corrected chi connectivity index (χ3v) is 4.65. The number of aryl methyl sites for hydroxylation is 1. The van der Waals surface area contributed by atoms with E-state index in [1.165, 1.54) is 37.5 Å². The molecule has 2 heterocycles. The van der Waals surface area contributed by atoms with Crippen LogP contribution in [0.4, 0.5) is 5.00 Å². The number of carboxylic acids is 1. The highest BCUT2D eigenvalue weighted by molar-refractivity contribution is 7.10. The second-order valence-electron chi connectivity index (χ2n) is 5.24. The van der Waals surface area contributed by atoms with Crippen LogP contribution in [-0.4, -0.2) is 47.0 Å². The van der Waals surface area contributed by atoms with Crippen molar-refractivity contribution in [2.45, 2.75) is 26.2 Å². The molecule has 1 aromatic heterocycles. The Morgan fingerprint density at radius 3 is 2.84 bits per heavy atom. The number of anilines is 1. The van der Waals surface area contributed by atoms with Gasteiger partial charge in [-0.25, -0.2) is 4.79 Å². The molecule has 0 radical (unpaired) electrons. The van der Waals surface area contributed by atoms with Gasteiger partial charge in [-0.05, 0) is 63.8 Å². The number of aromatic carboxylic acids is 1. The van der Waals surface area contributed by atoms with Crippen molar-refractivity contribution >= 4 is 22.5 Å². The van der Waals surface area contributed by atoms with Crippen molar-refractivity contribution in [2.24, 2.45) is 5.92 Å². The molecule has 6 heteroatoms. The average molecular weight is 283 g/mol. The number of aromatic nitrogens is 1. The van der Waals surface area contributed by atoms with Crippen molar-refractivity contribution in [3.8, 4) is 0 Å². The molecule has 0 atom stereocenters. The lowest BCUT2D eigenvalue weighted by Gasteiger charge is -2.28. The highest BCUT2D eigenvalue weighted by Gasteiger charge is 2.19. The molecular formula is C13H21N3O2S. The van der Waals surface area contributed by atoms with Gasteiger partial charge in [-0.3, -0.25) is 0 Å². The minimum atomic E-state index is -0.895. The molecule has 0 bridgehead atoms. The van der Waals surface area contributed by atoms with E-state index in [1.54, 1.807) is 6.92 Å². The summed E-state index contributed by atoms with van der Waals surface area (Å²) in [5, 5.41) is 13.1. The third kappa shape index (κ3) is 3.67. The molecule has 0 spiro atoms. The summed E-state index contributed by atoms with van der Waals surface area (Å²) < 4.78 is 4.10. The van der Waals surface area contributed by atoms with Gasteiger partial charge in [0.25, 0.3) is 0 Å². The topological polar surface area (TPSA) is 65.5 Å². The molecule has 0 amide bonds. The van der Waals surface area contributed by atoms with E-state index >= 15 is 0 Å². The molecule has 1 saturated heterocycles. The van der Waals surface area contributed by atoms with Crippen molar-refractivity contribution in [2.75, 3.05) is 32.0 Å². The van der Waals surface area contributed by atoms with Crippen molar-refractivity contribution in [3.63, 3.8) is 0 Å². The van der Waals surface area contributed by atoms with Gasteiger partial charge in [0.1, 0.15) is 10.6 Å². The molecule has 1 aliphatic heterocycles. The number of rotatable bonds is 5. The maximum absolute atomic E-state index is 11.1. The summed E-state index contributed by atoms with van der Waals surface area (Å²) in [6.07, 6.45) is 3.58. The van der Waals surface area contributed by atoms with E-state index < -0.39 is 5.97 Å². The minimum Gasteiger partial charge on any atom is -0.478 e. The zero-order chi connectivity index (χ0) is 13.8. The lowest BCUT2D eigenvalue weighted by molar-refractivity contribution is 0.0697. The first-order chi connectivity index (χ1) is 9.08. The monoisotopic (exact) mass is 283 g/mol. The van der Waals surface area contributed by atoms with Gasteiger partial charge in [0, 0.05) is 6.54 Å². The summed E-state index contributed by atoms with van der Waals surface area (Å²) in [7, 11) is 2.16. The van der Waals surface area contributed by atoms with Crippen molar-refractivity contribution in [1.29, 1.82) is 0 Å². The Hall–Kier alpha value is -1.14. The van der Waals surface area contributed by atoms with Gasteiger partial charge in [0.05, 0.1) is 5.69 Å². The van der Waals surface area contributed by atoms with Gasteiger partial charge in [-0.15, -0.1) is 0 Å². The molecule has 1 aliphatic rings. The van der Waals surface area contributed by atoms with E-state index in [0.29, 0.717) is 16.3 Å². The normalized spacial score (nSPS) is 17.6. The van der Waals surface area contributed by atoms with Crippen LogP contribution in [0.5, 0.6) is 0 Å². The molecule has 2 rings (SSSR count). The average Bonchev–Trinajstić information content (AvgIpc) is 2.73. The summed E-state index contributed by atoms with van der Waals surface area (Å²) in [4.78, 5) is 13.5. The first-order valence-corrected chi connectivity index (χ1v) is 7.47.